The molecule has 0 saturated carbocycles. The highest BCUT2D eigenvalue weighted by Crippen LogP contribution is 2.36. The van der Waals surface area contributed by atoms with Crippen LogP contribution in [0.15, 0.2) is 39.9 Å². The molecule has 1 N–H and O–H groups in total. The van der Waals surface area contributed by atoms with Gasteiger partial charge in [0.05, 0.1) is 5.69 Å². The number of nitrogens with zero attached hydrogens (tertiary/aromatic N) is 1. The molecule has 0 saturated heterocycles. The lowest BCUT2D eigenvalue weighted by atomic mass is 10.1. The molecule has 8 heteroatoms. The molecule has 2 aromatic heterocycles. The smallest absolute Gasteiger partial charge is 0.268 e. The maximum atomic E-state index is 12.4. The number of ether oxygens (including phenoxy) is 2. The second-order valence-corrected chi connectivity index (χ2v) is 7.50. The maximum absolute atomic E-state index is 12.4. The number of thiophene rings is 1. The highest BCUT2D eigenvalue weighted by molar-refractivity contribution is 7.98. The minimum absolute atomic E-state index is 0.124. The summed E-state index contributed by atoms with van der Waals surface area (Å²) in [5.74, 6) is 1.33. The second kappa shape index (κ2) is 6.46. The van der Waals surface area contributed by atoms with Gasteiger partial charge in [0.25, 0.3) is 5.91 Å². The topological polar surface area (TPSA) is 60.5 Å². The quantitative estimate of drug-likeness (QED) is 0.676. The Morgan fingerprint density at radius 2 is 2.12 bits per heavy atom. The summed E-state index contributed by atoms with van der Waals surface area (Å²) < 4.78 is 10.7. The van der Waals surface area contributed by atoms with Gasteiger partial charge in [-0.25, -0.2) is 4.98 Å². The summed E-state index contributed by atoms with van der Waals surface area (Å²) in [5, 5.41) is 7.28. The van der Waals surface area contributed by atoms with Gasteiger partial charge < -0.3 is 9.47 Å². The number of benzene rings is 1. The predicted molar refractivity (Wildman–Crippen MR) is 97.7 cm³/mol. The minimum Gasteiger partial charge on any atom is -0.454 e. The second-order valence-electron chi connectivity index (χ2n) is 4.88. The first-order chi connectivity index (χ1) is 11.7. The van der Waals surface area contributed by atoms with Gasteiger partial charge in [-0.2, -0.15) is 0 Å². The van der Waals surface area contributed by atoms with Crippen molar-refractivity contribution in [1.82, 2.24) is 4.98 Å². The van der Waals surface area contributed by atoms with Crippen molar-refractivity contribution in [3.8, 4) is 22.8 Å². The van der Waals surface area contributed by atoms with Crippen LogP contribution in [0.4, 0.5) is 5.13 Å². The predicted octanol–water partition coefficient (Wildman–Crippen LogP) is 4.57. The van der Waals surface area contributed by atoms with E-state index in [1.165, 1.54) is 22.7 Å². The molecule has 0 unspecified atom stereocenters. The largest absolute Gasteiger partial charge is 0.454 e. The molecule has 5 nitrogen and oxygen atoms in total. The zero-order valence-electron chi connectivity index (χ0n) is 12.6. The summed E-state index contributed by atoms with van der Waals surface area (Å²) >= 11 is 4.39. The lowest BCUT2D eigenvalue weighted by Crippen LogP contribution is -2.10. The molecule has 1 aliphatic heterocycles. The van der Waals surface area contributed by atoms with Crippen molar-refractivity contribution in [3.63, 3.8) is 0 Å². The van der Waals surface area contributed by atoms with E-state index >= 15 is 0 Å². The van der Waals surface area contributed by atoms with Gasteiger partial charge in [-0.3, -0.25) is 10.1 Å². The first-order valence-electron chi connectivity index (χ1n) is 7.03. The molecular weight excluding hydrogens is 364 g/mol. The number of carbonyl (C=O) groups excluding carboxylic acids is 1. The average molecular weight is 376 g/mol. The molecule has 24 heavy (non-hydrogen) atoms. The van der Waals surface area contributed by atoms with Gasteiger partial charge in [-0.05, 0) is 35.9 Å². The normalized spacial score (nSPS) is 12.4. The van der Waals surface area contributed by atoms with Gasteiger partial charge in [0.1, 0.15) is 4.88 Å². The maximum Gasteiger partial charge on any atom is 0.268 e. The van der Waals surface area contributed by atoms with Crippen molar-refractivity contribution < 1.29 is 14.3 Å². The molecule has 1 aliphatic rings. The van der Waals surface area contributed by atoms with E-state index in [0.29, 0.717) is 15.8 Å². The molecule has 1 aromatic carbocycles. The minimum atomic E-state index is -0.124. The average Bonchev–Trinajstić information content (AvgIpc) is 3.33. The fourth-order valence-corrected chi connectivity index (χ4v) is 4.66. The molecule has 3 heterocycles. The van der Waals surface area contributed by atoms with Crippen LogP contribution in [0, 0.1) is 0 Å². The van der Waals surface area contributed by atoms with Crippen molar-refractivity contribution in [2.24, 2.45) is 0 Å². The van der Waals surface area contributed by atoms with Crippen molar-refractivity contribution in [1.29, 1.82) is 0 Å². The van der Waals surface area contributed by atoms with Gasteiger partial charge in [0.2, 0.25) is 6.79 Å². The number of amides is 1. The molecule has 1 amide bonds. The number of aromatic nitrogens is 1. The third-order valence-corrected chi connectivity index (χ3v) is 6.03. The van der Waals surface area contributed by atoms with Crippen LogP contribution in [-0.2, 0) is 0 Å². The highest BCUT2D eigenvalue weighted by Gasteiger charge is 2.17. The number of thiazole rings is 1. The Morgan fingerprint density at radius 1 is 1.25 bits per heavy atom. The van der Waals surface area contributed by atoms with Gasteiger partial charge in [-0.1, -0.05) is 0 Å². The van der Waals surface area contributed by atoms with Crippen molar-refractivity contribution in [2.45, 2.75) is 4.90 Å². The Labute approximate surface area is 150 Å². The molecular formula is C16H12N2O3S3. The van der Waals surface area contributed by atoms with E-state index in [1.54, 1.807) is 11.8 Å². The summed E-state index contributed by atoms with van der Waals surface area (Å²) in [5.41, 5.74) is 1.72. The van der Waals surface area contributed by atoms with Crippen LogP contribution < -0.4 is 14.8 Å². The number of hydrogen-bond acceptors (Lipinski definition) is 7. The number of nitrogens with one attached hydrogen (secondary N) is 1. The SMILES string of the molecule is CSc1ccsc1C(=O)Nc1nc(-c2ccc3c(c2)OCO3)cs1. The Balaban J connectivity index is 1.54. The van der Waals surface area contributed by atoms with Crippen LogP contribution in [0.2, 0.25) is 0 Å². The van der Waals surface area contributed by atoms with Crippen LogP contribution in [0.25, 0.3) is 11.3 Å². The third kappa shape index (κ3) is 2.88. The number of thioether (sulfide) groups is 1. The standard InChI is InChI=1S/C16H12N2O3S3/c1-22-13-4-5-23-14(13)15(19)18-16-17-10(7-24-16)9-2-3-11-12(6-9)21-8-20-11/h2-7H,8H2,1H3,(H,17,18,19). The van der Waals surface area contributed by atoms with E-state index in [4.69, 9.17) is 9.47 Å². The van der Waals surface area contributed by atoms with E-state index in [-0.39, 0.29) is 12.7 Å². The van der Waals surface area contributed by atoms with Crippen LogP contribution in [-0.4, -0.2) is 23.9 Å². The van der Waals surface area contributed by atoms with Gasteiger partial charge >= 0.3 is 0 Å². The number of carbonyl (C=O) groups is 1. The number of fused-ring (bicyclic) bond motifs is 1. The first kappa shape index (κ1) is 15.5. The molecule has 4 rings (SSSR count). The van der Waals surface area contributed by atoms with Crippen LogP contribution in [0.3, 0.4) is 0 Å². The fraction of sp³-hybridized carbons (Fsp3) is 0.125. The van der Waals surface area contributed by atoms with E-state index in [9.17, 15) is 4.79 Å². The van der Waals surface area contributed by atoms with Crippen LogP contribution in [0.5, 0.6) is 11.5 Å². The summed E-state index contributed by atoms with van der Waals surface area (Å²) in [6.45, 7) is 0.246. The third-order valence-electron chi connectivity index (χ3n) is 3.45. The Hall–Kier alpha value is -2.03. The monoisotopic (exact) mass is 376 g/mol. The molecule has 0 fully saturated rings. The molecule has 0 aliphatic carbocycles. The summed E-state index contributed by atoms with van der Waals surface area (Å²) in [6, 6.07) is 7.64. The van der Waals surface area contributed by atoms with E-state index in [2.05, 4.69) is 10.3 Å². The van der Waals surface area contributed by atoms with Crippen molar-refractivity contribution >= 4 is 45.5 Å². The molecule has 0 spiro atoms. The number of anilines is 1. The van der Waals surface area contributed by atoms with Gasteiger partial charge in [0, 0.05) is 15.8 Å². The Morgan fingerprint density at radius 3 is 3.00 bits per heavy atom. The molecule has 122 valence electrons. The lowest BCUT2D eigenvalue weighted by Gasteiger charge is -2.02. The van der Waals surface area contributed by atoms with Crippen molar-refractivity contribution in [3.05, 3.63) is 39.9 Å². The van der Waals surface area contributed by atoms with E-state index < -0.39 is 0 Å². The lowest BCUT2D eigenvalue weighted by molar-refractivity contribution is 0.102. The van der Waals surface area contributed by atoms with E-state index in [1.807, 2.05) is 41.3 Å². The summed E-state index contributed by atoms with van der Waals surface area (Å²) in [4.78, 5) is 18.6. The first-order valence-corrected chi connectivity index (χ1v) is 10.0. The molecule has 0 atom stereocenters. The summed E-state index contributed by atoms with van der Waals surface area (Å²) in [7, 11) is 0. The zero-order chi connectivity index (χ0) is 16.5. The zero-order valence-corrected chi connectivity index (χ0v) is 15.0. The van der Waals surface area contributed by atoms with Gasteiger partial charge in [-0.15, -0.1) is 34.4 Å². The molecule has 0 bridgehead atoms. The van der Waals surface area contributed by atoms with Crippen LogP contribution >= 0.6 is 34.4 Å². The van der Waals surface area contributed by atoms with Crippen molar-refractivity contribution in [2.75, 3.05) is 18.4 Å². The highest BCUT2D eigenvalue weighted by atomic mass is 32.2. The van der Waals surface area contributed by atoms with Gasteiger partial charge in [0.15, 0.2) is 16.6 Å². The van der Waals surface area contributed by atoms with E-state index in [0.717, 1.165) is 21.9 Å². The Kier molecular flexibility index (Phi) is 4.17. The molecule has 0 radical (unpaired) electrons. The van der Waals surface area contributed by atoms with Crippen LogP contribution in [0.1, 0.15) is 9.67 Å². The number of rotatable bonds is 4. The summed E-state index contributed by atoms with van der Waals surface area (Å²) in [6.07, 6.45) is 1.96. The fourth-order valence-electron chi connectivity index (χ4n) is 2.30. The number of hydrogen-bond donors (Lipinski definition) is 1. The molecule has 3 aromatic rings. The Bertz CT molecular complexity index is 904.